The first-order valence-corrected chi connectivity index (χ1v) is 18.2. The van der Waals surface area contributed by atoms with Crippen LogP contribution in [0.2, 0.25) is 13.1 Å². The van der Waals surface area contributed by atoms with E-state index in [1.54, 1.807) is 0 Å². The Labute approximate surface area is 258 Å². The molecule has 0 spiro atoms. The van der Waals surface area contributed by atoms with E-state index in [1.807, 2.05) is 51.1 Å². The fraction of sp³-hybridized carbons (Fsp3) is 0.719. The van der Waals surface area contributed by atoms with Crippen LogP contribution in [0.3, 0.4) is 0 Å². The van der Waals surface area contributed by atoms with Crippen molar-refractivity contribution in [1.82, 2.24) is 0 Å². The standard InChI is InChI=1S/C17H26O4.C13H23BO4.C2H8Si/c1-17(2,3)21-14-11-13(15(18)12-14)9-7-5-6-8-10-16(19)20-4;1-11-10-13(2,3)18-14(17-11)9-7-5-6-8-12(15)16-4;1-3-2/h5,7,11,14H,6,8-10,12H2,1-4H3;7,9,11H,5-6,8,10H2,1-4H3;3H2,1-2H3/b7-5+;9-7+;. The van der Waals surface area contributed by atoms with Crippen molar-refractivity contribution in [3.05, 3.63) is 35.9 Å². The number of methoxy groups -OCH3 is 2. The van der Waals surface area contributed by atoms with E-state index >= 15 is 0 Å². The highest BCUT2D eigenvalue weighted by Gasteiger charge is 2.35. The van der Waals surface area contributed by atoms with Gasteiger partial charge in [0.15, 0.2) is 5.78 Å². The van der Waals surface area contributed by atoms with Gasteiger partial charge in [-0.05, 0) is 91.7 Å². The van der Waals surface area contributed by atoms with Crippen molar-refractivity contribution in [3.63, 3.8) is 0 Å². The first-order chi connectivity index (χ1) is 19.7. The van der Waals surface area contributed by atoms with Gasteiger partial charge in [-0.15, -0.1) is 0 Å². The van der Waals surface area contributed by atoms with E-state index in [-0.39, 0.29) is 48.3 Å². The normalized spacial score (nSPS) is 20.0. The zero-order valence-corrected chi connectivity index (χ0v) is 29.4. The molecule has 0 saturated carbocycles. The van der Waals surface area contributed by atoms with Crippen molar-refractivity contribution < 1.29 is 37.9 Å². The quantitative estimate of drug-likeness (QED) is 0.113. The summed E-state index contributed by atoms with van der Waals surface area (Å²) in [5.41, 5.74) is 0.452. The molecule has 1 fully saturated rings. The van der Waals surface area contributed by atoms with E-state index in [9.17, 15) is 14.4 Å². The van der Waals surface area contributed by atoms with Gasteiger partial charge in [-0.2, -0.15) is 0 Å². The van der Waals surface area contributed by atoms with Crippen LogP contribution in [-0.2, 0) is 37.9 Å². The minimum Gasteiger partial charge on any atom is -0.469 e. The lowest BCUT2D eigenvalue weighted by atomic mass is 9.82. The molecule has 42 heavy (non-hydrogen) atoms. The Hall–Kier alpha value is -2.01. The number of hydrogen-bond acceptors (Lipinski definition) is 8. The summed E-state index contributed by atoms with van der Waals surface area (Å²) in [5, 5.41) is 0. The Kier molecular flexibility index (Phi) is 20.6. The number of ketones is 1. The van der Waals surface area contributed by atoms with Crippen LogP contribution in [0.15, 0.2) is 35.9 Å². The third-order valence-electron chi connectivity index (χ3n) is 5.97. The molecule has 1 heterocycles. The minimum atomic E-state index is -0.276. The zero-order valence-electron chi connectivity index (χ0n) is 28.0. The highest BCUT2D eigenvalue weighted by molar-refractivity contribution is 6.51. The molecule has 0 N–H and O–H groups in total. The van der Waals surface area contributed by atoms with Gasteiger partial charge in [0, 0.05) is 34.9 Å². The Balaban J connectivity index is 0.000000739. The van der Waals surface area contributed by atoms with Gasteiger partial charge < -0.3 is 23.5 Å². The van der Waals surface area contributed by atoms with Crippen molar-refractivity contribution >= 4 is 34.4 Å². The molecule has 0 aromatic carbocycles. The maximum atomic E-state index is 11.9. The second-order valence-electron chi connectivity index (χ2n) is 12.2. The predicted molar refractivity (Wildman–Crippen MR) is 173 cm³/mol. The number of allylic oxidation sites excluding steroid dienone is 4. The Morgan fingerprint density at radius 1 is 1.05 bits per heavy atom. The number of esters is 2. The molecule has 2 aliphatic rings. The zero-order chi connectivity index (χ0) is 32.2. The van der Waals surface area contributed by atoms with Crippen LogP contribution in [-0.4, -0.2) is 72.0 Å². The highest BCUT2D eigenvalue weighted by atomic mass is 28.2. The second-order valence-corrected chi connectivity index (χ2v) is 13.6. The molecule has 0 aromatic heterocycles. The fourth-order valence-electron chi connectivity index (χ4n) is 4.31. The van der Waals surface area contributed by atoms with Crippen LogP contribution in [0.25, 0.3) is 0 Å². The van der Waals surface area contributed by atoms with Gasteiger partial charge in [-0.1, -0.05) is 37.3 Å². The summed E-state index contributed by atoms with van der Waals surface area (Å²) in [5.74, 6) is 1.75. The number of rotatable bonds is 12. The van der Waals surface area contributed by atoms with Crippen LogP contribution >= 0.6 is 0 Å². The van der Waals surface area contributed by atoms with Crippen LogP contribution in [0.1, 0.15) is 99.3 Å². The molecule has 0 amide bonds. The lowest BCUT2D eigenvalue weighted by Crippen LogP contribution is -2.45. The Bertz CT molecular complexity index is 891. The Morgan fingerprint density at radius 3 is 2.10 bits per heavy atom. The summed E-state index contributed by atoms with van der Waals surface area (Å²) in [4.78, 5) is 33.7. The molecule has 2 rings (SSSR count). The van der Waals surface area contributed by atoms with Crippen LogP contribution < -0.4 is 0 Å². The average molecular weight is 609 g/mol. The number of unbranched alkanes of at least 4 members (excludes halogenated alkanes) is 2. The topological polar surface area (TPSA) is 97.4 Å². The third-order valence-corrected chi connectivity index (χ3v) is 5.97. The van der Waals surface area contributed by atoms with Crippen LogP contribution in [0.5, 0.6) is 0 Å². The molecular weight excluding hydrogens is 551 g/mol. The van der Waals surface area contributed by atoms with Gasteiger partial charge in [0.2, 0.25) is 0 Å². The molecule has 0 radical (unpaired) electrons. The third kappa shape index (κ3) is 20.8. The Morgan fingerprint density at radius 2 is 1.60 bits per heavy atom. The summed E-state index contributed by atoms with van der Waals surface area (Å²) in [6.07, 6.45) is 14.1. The van der Waals surface area contributed by atoms with Crippen LogP contribution in [0.4, 0.5) is 0 Å². The molecule has 1 aliphatic carbocycles. The first kappa shape index (κ1) is 40.0. The maximum absolute atomic E-state index is 11.9. The van der Waals surface area contributed by atoms with Gasteiger partial charge in [-0.25, -0.2) is 0 Å². The second kappa shape index (κ2) is 21.6. The lowest BCUT2D eigenvalue weighted by Gasteiger charge is -2.37. The molecule has 10 heteroatoms. The van der Waals surface area contributed by atoms with E-state index in [2.05, 4.69) is 43.3 Å². The lowest BCUT2D eigenvalue weighted by molar-refractivity contribution is -0.141. The smallest absolute Gasteiger partial charge is 0.469 e. The molecular formula is C32H57BO8Si. The largest absolute Gasteiger partial charge is 0.486 e. The van der Waals surface area contributed by atoms with Gasteiger partial charge >= 0.3 is 19.1 Å². The summed E-state index contributed by atoms with van der Waals surface area (Å²) in [7, 11) is 2.94. The van der Waals surface area contributed by atoms with Crippen molar-refractivity contribution in [3.8, 4) is 0 Å². The number of ether oxygens (including phenoxy) is 3. The molecule has 1 aliphatic heterocycles. The molecule has 0 aromatic rings. The molecule has 0 bridgehead atoms. The molecule has 1 saturated heterocycles. The summed E-state index contributed by atoms with van der Waals surface area (Å²) >= 11 is 0. The van der Waals surface area contributed by atoms with E-state index in [0.29, 0.717) is 35.2 Å². The van der Waals surface area contributed by atoms with E-state index in [0.717, 1.165) is 37.7 Å². The first-order valence-electron chi connectivity index (χ1n) is 15.4. The molecule has 8 nitrogen and oxygen atoms in total. The number of Topliss-reactive ketones (excluding diaryl/α,β-unsaturated/α-hetero) is 1. The molecule has 2 atom stereocenters. The number of carbonyl (C=O) groups is 3. The van der Waals surface area contributed by atoms with E-state index in [4.69, 9.17) is 14.0 Å². The van der Waals surface area contributed by atoms with Crippen molar-refractivity contribution in [2.24, 2.45) is 0 Å². The average Bonchev–Trinajstić information content (AvgIpc) is 3.22. The van der Waals surface area contributed by atoms with Gasteiger partial charge in [0.25, 0.3) is 0 Å². The molecule has 2 unspecified atom stereocenters. The van der Waals surface area contributed by atoms with Crippen molar-refractivity contribution in [2.75, 3.05) is 14.2 Å². The van der Waals surface area contributed by atoms with Gasteiger partial charge in [0.05, 0.1) is 31.5 Å². The maximum Gasteiger partial charge on any atom is 0.486 e. The summed E-state index contributed by atoms with van der Waals surface area (Å²) in [6, 6.07) is 0. The van der Waals surface area contributed by atoms with E-state index < -0.39 is 0 Å². The summed E-state index contributed by atoms with van der Waals surface area (Å²) in [6.45, 7) is 16.7. The fourth-order valence-corrected chi connectivity index (χ4v) is 4.31. The monoisotopic (exact) mass is 608 g/mol. The number of hydrogen-bond donors (Lipinski definition) is 0. The van der Waals surface area contributed by atoms with Gasteiger partial charge in [-0.3, -0.25) is 14.4 Å². The predicted octanol–water partition coefficient (Wildman–Crippen LogP) is 6.13. The van der Waals surface area contributed by atoms with Crippen molar-refractivity contribution in [1.29, 1.82) is 0 Å². The van der Waals surface area contributed by atoms with Crippen LogP contribution in [0, 0.1) is 0 Å². The van der Waals surface area contributed by atoms with Crippen molar-refractivity contribution in [2.45, 2.75) is 136 Å². The minimum absolute atomic E-state index is 0.0970. The number of carbonyl (C=O) groups excluding carboxylic acids is 3. The van der Waals surface area contributed by atoms with E-state index in [1.165, 1.54) is 14.2 Å². The molecule has 240 valence electrons. The summed E-state index contributed by atoms with van der Waals surface area (Å²) < 4.78 is 26.4. The highest BCUT2D eigenvalue weighted by Crippen LogP contribution is 2.26. The van der Waals surface area contributed by atoms with Gasteiger partial charge in [0.1, 0.15) is 0 Å². The SMILES string of the molecule is COC(=O)CCC/C=C/B1OC(C)CC(C)(C)O1.COC(=O)CCC/C=C/CC1=CC(OC(C)(C)C)CC1=O.C[SiH2]C.